The standard InChI is InChI=1S/C16H11Cl2N3O4/c1-25-16(24)10-4-9(6-19)15(23)21(7-10)8-14(22)20-13-5-11(17)2-3-12(13)18/h2-5,7H,8H2,1H3,(H,20,22). The third kappa shape index (κ3) is 4.38. The van der Waals surface area contributed by atoms with Crippen molar-refractivity contribution in [3.05, 3.63) is 62.0 Å². The zero-order valence-electron chi connectivity index (χ0n) is 12.9. The molecule has 0 atom stereocenters. The van der Waals surface area contributed by atoms with Gasteiger partial charge in [0.25, 0.3) is 5.56 Å². The maximum absolute atomic E-state index is 12.2. The number of amides is 1. The summed E-state index contributed by atoms with van der Waals surface area (Å²) in [6.45, 7) is -0.429. The van der Waals surface area contributed by atoms with E-state index in [1.165, 1.54) is 12.1 Å². The summed E-state index contributed by atoms with van der Waals surface area (Å²) in [7, 11) is 1.16. The van der Waals surface area contributed by atoms with Crippen LogP contribution in [-0.2, 0) is 16.1 Å². The zero-order valence-corrected chi connectivity index (χ0v) is 14.4. The molecule has 1 amide bonds. The Hall–Kier alpha value is -2.82. The highest BCUT2D eigenvalue weighted by Gasteiger charge is 2.15. The van der Waals surface area contributed by atoms with Crippen LogP contribution in [0, 0.1) is 11.3 Å². The zero-order chi connectivity index (χ0) is 18.6. The third-order valence-corrected chi connectivity index (χ3v) is 3.71. The second-order valence-electron chi connectivity index (χ2n) is 4.85. The number of nitriles is 1. The Labute approximate surface area is 152 Å². The van der Waals surface area contributed by atoms with Gasteiger partial charge in [0.15, 0.2) is 0 Å². The van der Waals surface area contributed by atoms with Crippen molar-refractivity contribution in [3.8, 4) is 6.07 Å². The van der Waals surface area contributed by atoms with Gasteiger partial charge in [-0.25, -0.2) is 4.79 Å². The highest BCUT2D eigenvalue weighted by Crippen LogP contribution is 2.25. The number of carbonyl (C=O) groups excluding carboxylic acids is 2. The van der Waals surface area contributed by atoms with E-state index in [1.54, 1.807) is 12.1 Å². The lowest BCUT2D eigenvalue weighted by molar-refractivity contribution is -0.116. The van der Waals surface area contributed by atoms with Crippen molar-refractivity contribution in [2.45, 2.75) is 6.54 Å². The third-order valence-electron chi connectivity index (χ3n) is 3.14. The predicted octanol–water partition coefficient (Wildman–Crippen LogP) is 2.45. The van der Waals surface area contributed by atoms with Crippen LogP contribution in [0.4, 0.5) is 5.69 Å². The predicted molar refractivity (Wildman–Crippen MR) is 91.8 cm³/mol. The molecule has 0 aliphatic heterocycles. The van der Waals surface area contributed by atoms with Gasteiger partial charge in [0, 0.05) is 11.2 Å². The summed E-state index contributed by atoms with van der Waals surface area (Å²) in [5.74, 6) is -1.32. The number of esters is 1. The first-order chi connectivity index (χ1) is 11.8. The van der Waals surface area contributed by atoms with E-state index < -0.39 is 24.0 Å². The van der Waals surface area contributed by atoms with Gasteiger partial charge in [-0.2, -0.15) is 5.26 Å². The molecule has 9 heteroatoms. The summed E-state index contributed by atoms with van der Waals surface area (Å²) >= 11 is 11.8. The quantitative estimate of drug-likeness (QED) is 0.822. The smallest absolute Gasteiger partial charge is 0.339 e. The van der Waals surface area contributed by atoms with Crippen molar-refractivity contribution < 1.29 is 14.3 Å². The topological polar surface area (TPSA) is 101 Å². The number of benzene rings is 1. The lowest BCUT2D eigenvalue weighted by Crippen LogP contribution is -2.30. The van der Waals surface area contributed by atoms with Crippen LogP contribution >= 0.6 is 23.2 Å². The fourth-order valence-electron chi connectivity index (χ4n) is 2.00. The van der Waals surface area contributed by atoms with Gasteiger partial charge in [-0.15, -0.1) is 0 Å². The lowest BCUT2D eigenvalue weighted by atomic mass is 10.2. The first kappa shape index (κ1) is 18.5. The molecule has 0 aliphatic rings. The van der Waals surface area contributed by atoms with E-state index in [0.717, 1.165) is 23.9 Å². The van der Waals surface area contributed by atoms with Crippen LogP contribution in [0.5, 0.6) is 0 Å². The Kier molecular flexibility index (Phi) is 5.80. The molecule has 1 heterocycles. The number of nitrogens with zero attached hydrogens (tertiary/aromatic N) is 2. The van der Waals surface area contributed by atoms with Crippen molar-refractivity contribution in [1.29, 1.82) is 5.26 Å². The number of anilines is 1. The molecule has 0 aliphatic carbocycles. The van der Waals surface area contributed by atoms with Crippen LogP contribution in [0.2, 0.25) is 10.0 Å². The van der Waals surface area contributed by atoms with Gasteiger partial charge in [-0.1, -0.05) is 23.2 Å². The minimum atomic E-state index is -0.733. The minimum absolute atomic E-state index is 0.0211. The van der Waals surface area contributed by atoms with E-state index in [4.69, 9.17) is 28.5 Å². The number of rotatable bonds is 4. The molecule has 0 spiro atoms. The molecule has 0 saturated carbocycles. The number of hydrogen-bond donors (Lipinski definition) is 1. The summed E-state index contributed by atoms with van der Waals surface area (Å²) in [5, 5.41) is 12.2. The Morgan fingerprint density at radius 1 is 1.32 bits per heavy atom. The molecule has 25 heavy (non-hydrogen) atoms. The molecule has 1 N–H and O–H groups in total. The number of methoxy groups -OCH3 is 1. The maximum Gasteiger partial charge on any atom is 0.339 e. The number of aromatic nitrogens is 1. The molecule has 1 aromatic carbocycles. The molecule has 0 bridgehead atoms. The molecule has 1 aromatic heterocycles. The van der Waals surface area contributed by atoms with Crippen LogP contribution in [0.25, 0.3) is 0 Å². The van der Waals surface area contributed by atoms with Gasteiger partial charge < -0.3 is 14.6 Å². The van der Waals surface area contributed by atoms with E-state index in [0.29, 0.717) is 5.02 Å². The van der Waals surface area contributed by atoms with Gasteiger partial charge in [0.1, 0.15) is 18.2 Å². The summed E-state index contributed by atoms with van der Waals surface area (Å²) in [4.78, 5) is 35.9. The van der Waals surface area contributed by atoms with Crippen LogP contribution < -0.4 is 10.9 Å². The van der Waals surface area contributed by atoms with E-state index in [2.05, 4.69) is 10.1 Å². The lowest BCUT2D eigenvalue weighted by Gasteiger charge is -2.10. The van der Waals surface area contributed by atoms with Crippen molar-refractivity contribution >= 4 is 40.8 Å². The number of nitrogens with one attached hydrogen (secondary N) is 1. The van der Waals surface area contributed by atoms with E-state index >= 15 is 0 Å². The normalized spacial score (nSPS) is 10.0. The van der Waals surface area contributed by atoms with E-state index in [-0.39, 0.29) is 21.8 Å². The summed E-state index contributed by atoms with van der Waals surface area (Å²) in [6, 6.07) is 7.32. The van der Waals surface area contributed by atoms with Gasteiger partial charge in [0.2, 0.25) is 5.91 Å². The fraction of sp³-hybridized carbons (Fsp3) is 0.125. The van der Waals surface area contributed by atoms with Crippen molar-refractivity contribution in [3.63, 3.8) is 0 Å². The summed E-state index contributed by atoms with van der Waals surface area (Å²) in [5.41, 5.74) is -0.733. The maximum atomic E-state index is 12.2. The average molecular weight is 380 g/mol. The Balaban J connectivity index is 2.31. The second kappa shape index (κ2) is 7.83. The van der Waals surface area contributed by atoms with Crippen LogP contribution in [-0.4, -0.2) is 23.6 Å². The van der Waals surface area contributed by atoms with E-state index in [1.807, 2.05) is 0 Å². The van der Waals surface area contributed by atoms with Crippen molar-refractivity contribution in [2.75, 3.05) is 12.4 Å². The molecule has 2 aromatic rings. The largest absolute Gasteiger partial charge is 0.465 e. The molecule has 128 valence electrons. The molecular formula is C16H11Cl2N3O4. The van der Waals surface area contributed by atoms with Gasteiger partial charge in [-0.05, 0) is 24.3 Å². The van der Waals surface area contributed by atoms with Crippen LogP contribution in [0.15, 0.2) is 35.3 Å². The van der Waals surface area contributed by atoms with Crippen molar-refractivity contribution in [2.24, 2.45) is 0 Å². The molecule has 0 saturated heterocycles. The SMILES string of the molecule is COC(=O)c1cc(C#N)c(=O)n(CC(=O)Nc2cc(Cl)ccc2Cl)c1. The molecule has 7 nitrogen and oxygen atoms in total. The molecule has 2 rings (SSSR count). The van der Waals surface area contributed by atoms with Gasteiger partial charge in [-0.3, -0.25) is 9.59 Å². The van der Waals surface area contributed by atoms with Gasteiger partial charge in [0.05, 0.1) is 23.4 Å². The molecule has 0 unspecified atom stereocenters. The van der Waals surface area contributed by atoms with E-state index in [9.17, 15) is 14.4 Å². The Morgan fingerprint density at radius 3 is 2.68 bits per heavy atom. The highest BCUT2D eigenvalue weighted by molar-refractivity contribution is 6.35. The summed E-state index contributed by atoms with van der Waals surface area (Å²) in [6.07, 6.45) is 1.15. The Bertz CT molecular complexity index is 947. The molecule has 0 radical (unpaired) electrons. The number of halogens is 2. The first-order valence-corrected chi connectivity index (χ1v) is 7.59. The number of hydrogen-bond acceptors (Lipinski definition) is 5. The minimum Gasteiger partial charge on any atom is -0.465 e. The first-order valence-electron chi connectivity index (χ1n) is 6.83. The summed E-state index contributed by atoms with van der Waals surface area (Å²) < 4.78 is 5.51. The monoisotopic (exact) mass is 379 g/mol. The van der Waals surface area contributed by atoms with Crippen LogP contribution in [0.1, 0.15) is 15.9 Å². The number of ether oxygens (including phenoxy) is 1. The Morgan fingerprint density at radius 2 is 2.04 bits per heavy atom. The fourth-order valence-corrected chi connectivity index (χ4v) is 2.34. The highest BCUT2D eigenvalue weighted by atomic mass is 35.5. The van der Waals surface area contributed by atoms with Gasteiger partial charge >= 0.3 is 5.97 Å². The molecular weight excluding hydrogens is 369 g/mol. The van der Waals surface area contributed by atoms with Crippen molar-refractivity contribution in [1.82, 2.24) is 4.57 Å². The number of carbonyl (C=O) groups is 2. The second-order valence-corrected chi connectivity index (χ2v) is 5.69. The average Bonchev–Trinajstić information content (AvgIpc) is 2.59. The number of pyridine rings is 1. The van der Waals surface area contributed by atoms with Crippen LogP contribution in [0.3, 0.4) is 0 Å². The molecule has 0 fully saturated rings.